The van der Waals surface area contributed by atoms with Crippen LogP contribution in [0.1, 0.15) is 16.7 Å². The summed E-state index contributed by atoms with van der Waals surface area (Å²) in [5.41, 5.74) is 4.34. The first-order chi connectivity index (χ1) is 9.65. The molecule has 0 radical (unpaired) electrons. The van der Waals surface area contributed by atoms with Gasteiger partial charge >= 0.3 is 0 Å². The molecule has 0 saturated heterocycles. The molecule has 3 aromatic rings. The molecular weight excluding hydrogens is 246 g/mol. The van der Waals surface area contributed by atoms with E-state index in [1.807, 2.05) is 55.1 Å². The number of pyridine rings is 1. The molecule has 1 heterocycles. The molecule has 2 nitrogen and oxygen atoms in total. The molecule has 0 spiro atoms. The highest BCUT2D eigenvalue weighted by molar-refractivity contribution is 5.80. The van der Waals surface area contributed by atoms with Gasteiger partial charge in [-0.1, -0.05) is 36.4 Å². The number of hydrogen-bond acceptors (Lipinski definition) is 1. The number of aryl methyl sites for hydroxylation is 2. The lowest BCUT2D eigenvalue weighted by Crippen LogP contribution is -2.10. The Kier molecular flexibility index (Phi) is 3.15. The second-order valence-electron chi connectivity index (χ2n) is 5.27. The minimum Gasteiger partial charge on any atom is -0.350 e. The predicted molar refractivity (Wildman–Crippen MR) is 83.2 cm³/mol. The van der Waals surface area contributed by atoms with Crippen molar-refractivity contribution in [1.29, 1.82) is 0 Å². The molecule has 1 aromatic heterocycles. The van der Waals surface area contributed by atoms with E-state index >= 15 is 0 Å². The Morgan fingerprint density at radius 2 is 1.75 bits per heavy atom. The lowest BCUT2D eigenvalue weighted by atomic mass is 10.0. The average molecular weight is 263 g/mol. The van der Waals surface area contributed by atoms with Crippen molar-refractivity contribution < 1.29 is 0 Å². The number of hydrogen-bond donors (Lipinski definition) is 0. The molecule has 0 aliphatic rings. The minimum absolute atomic E-state index is 0.132. The molecule has 0 fully saturated rings. The number of rotatable bonds is 2. The van der Waals surface area contributed by atoms with Gasteiger partial charge in [0.25, 0.3) is 0 Å². The monoisotopic (exact) mass is 263 g/mol. The molecule has 0 amide bonds. The standard InChI is InChI=1S/C18H17NO/c1-13-12-19(2)17-9-8-15(11-16(17)18(13)20)10-14-6-4-3-5-7-14/h3-9,11-12H,10H2,1-2H3. The van der Waals surface area contributed by atoms with Gasteiger partial charge in [0.2, 0.25) is 0 Å². The number of benzene rings is 2. The van der Waals surface area contributed by atoms with Crippen molar-refractivity contribution >= 4 is 10.9 Å². The van der Waals surface area contributed by atoms with E-state index in [9.17, 15) is 4.79 Å². The van der Waals surface area contributed by atoms with Crippen molar-refractivity contribution in [1.82, 2.24) is 4.57 Å². The van der Waals surface area contributed by atoms with E-state index in [2.05, 4.69) is 18.2 Å². The molecule has 2 aromatic carbocycles. The third kappa shape index (κ3) is 2.25. The topological polar surface area (TPSA) is 22.0 Å². The van der Waals surface area contributed by atoms with E-state index in [0.717, 1.165) is 22.9 Å². The van der Waals surface area contributed by atoms with Crippen LogP contribution in [-0.2, 0) is 13.5 Å². The fraction of sp³-hybridized carbons (Fsp3) is 0.167. The first kappa shape index (κ1) is 12.7. The van der Waals surface area contributed by atoms with Gasteiger partial charge in [0, 0.05) is 24.2 Å². The molecular formula is C18H17NO. The van der Waals surface area contributed by atoms with E-state index in [1.165, 1.54) is 11.1 Å². The van der Waals surface area contributed by atoms with Gasteiger partial charge in [-0.3, -0.25) is 4.79 Å². The summed E-state index contributed by atoms with van der Waals surface area (Å²) in [5, 5.41) is 0.806. The Morgan fingerprint density at radius 1 is 1.00 bits per heavy atom. The van der Waals surface area contributed by atoms with E-state index in [0.29, 0.717) is 0 Å². The predicted octanol–water partition coefficient (Wildman–Crippen LogP) is 3.44. The summed E-state index contributed by atoms with van der Waals surface area (Å²) >= 11 is 0. The van der Waals surface area contributed by atoms with Gasteiger partial charge in [-0.25, -0.2) is 0 Å². The van der Waals surface area contributed by atoms with Crippen LogP contribution in [-0.4, -0.2) is 4.57 Å². The first-order valence-electron chi connectivity index (χ1n) is 6.78. The zero-order chi connectivity index (χ0) is 14.1. The van der Waals surface area contributed by atoms with Crippen LogP contribution in [0.15, 0.2) is 59.5 Å². The molecule has 2 heteroatoms. The van der Waals surface area contributed by atoms with Gasteiger partial charge in [-0.05, 0) is 36.6 Å². The lowest BCUT2D eigenvalue weighted by Gasteiger charge is -2.09. The summed E-state index contributed by atoms with van der Waals surface area (Å²) < 4.78 is 2.01. The average Bonchev–Trinajstić information content (AvgIpc) is 2.46. The summed E-state index contributed by atoms with van der Waals surface area (Å²) in [6.07, 6.45) is 2.75. The summed E-state index contributed by atoms with van der Waals surface area (Å²) in [6.45, 7) is 1.87. The van der Waals surface area contributed by atoms with Gasteiger partial charge in [0.15, 0.2) is 5.43 Å². The number of nitrogens with zero attached hydrogens (tertiary/aromatic N) is 1. The molecule has 0 unspecified atom stereocenters. The molecule has 0 saturated carbocycles. The van der Waals surface area contributed by atoms with E-state index in [-0.39, 0.29) is 5.43 Å². The molecule has 0 N–H and O–H groups in total. The molecule has 100 valence electrons. The number of aromatic nitrogens is 1. The van der Waals surface area contributed by atoms with Crippen molar-refractivity contribution in [3.63, 3.8) is 0 Å². The fourth-order valence-electron chi connectivity index (χ4n) is 2.65. The normalized spacial score (nSPS) is 10.9. The van der Waals surface area contributed by atoms with Crippen molar-refractivity contribution in [3.8, 4) is 0 Å². The van der Waals surface area contributed by atoms with Crippen molar-refractivity contribution in [3.05, 3.63) is 81.6 Å². The zero-order valence-electron chi connectivity index (χ0n) is 11.8. The van der Waals surface area contributed by atoms with E-state index in [4.69, 9.17) is 0 Å². The Balaban J connectivity index is 2.11. The van der Waals surface area contributed by atoms with Gasteiger partial charge < -0.3 is 4.57 Å². The van der Waals surface area contributed by atoms with Gasteiger partial charge in [0.1, 0.15) is 0 Å². The summed E-state index contributed by atoms with van der Waals surface area (Å²) in [5.74, 6) is 0. The highest BCUT2D eigenvalue weighted by atomic mass is 16.1. The number of fused-ring (bicyclic) bond motifs is 1. The molecule has 3 rings (SSSR count). The molecule has 0 bridgehead atoms. The van der Waals surface area contributed by atoms with Crippen LogP contribution in [0.2, 0.25) is 0 Å². The minimum atomic E-state index is 0.132. The van der Waals surface area contributed by atoms with Crippen LogP contribution in [0, 0.1) is 6.92 Å². The molecule has 0 atom stereocenters. The van der Waals surface area contributed by atoms with Gasteiger partial charge in [-0.15, -0.1) is 0 Å². The summed E-state index contributed by atoms with van der Waals surface area (Å²) in [7, 11) is 1.98. The van der Waals surface area contributed by atoms with Crippen LogP contribution in [0.25, 0.3) is 10.9 Å². The Morgan fingerprint density at radius 3 is 2.50 bits per heavy atom. The molecule has 0 aliphatic carbocycles. The van der Waals surface area contributed by atoms with Crippen LogP contribution in [0.3, 0.4) is 0 Å². The maximum absolute atomic E-state index is 12.3. The smallest absolute Gasteiger partial charge is 0.192 e. The summed E-state index contributed by atoms with van der Waals surface area (Å²) in [4.78, 5) is 12.3. The maximum Gasteiger partial charge on any atom is 0.192 e. The molecule has 20 heavy (non-hydrogen) atoms. The maximum atomic E-state index is 12.3. The quantitative estimate of drug-likeness (QED) is 0.694. The van der Waals surface area contributed by atoms with Crippen LogP contribution in [0.5, 0.6) is 0 Å². The third-order valence-corrected chi connectivity index (χ3v) is 3.68. The Labute approximate surface area is 118 Å². The van der Waals surface area contributed by atoms with Crippen LogP contribution in [0.4, 0.5) is 0 Å². The van der Waals surface area contributed by atoms with Crippen molar-refractivity contribution in [2.24, 2.45) is 7.05 Å². The zero-order valence-corrected chi connectivity index (χ0v) is 11.8. The van der Waals surface area contributed by atoms with Crippen LogP contribution < -0.4 is 5.43 Å². The lowest BCUT2D eigenvalue weighted by molar-refractivity contribution is 0.938. The van der Waals surface area contributed by atoms with E-state index < -0.39 is 0 Å². The second kappa shape index (κ2) is 4.97. The van der Waals surface area contributed by atoms with Gasteiger partial charge in [-0.2, -0.15) is 0 Å². The largest absolute Gasteiger partial charge is 0.350 e. The highest BCUT2D eigenvalue weighted by Gasteiger charge is 2.05. The molecule has 0 aliphatic heterocycles. The fourth-order valence-corrected chi connectivity index (χ4v) is 2.65. The van der Waals surface area contributed by atoms with Crippen LogP contribution >= 0.6 is 0 Å². The van der Waals surface area contributed by atoms with Crippen molar-refractivity contribution in [2.45, 2.75) is 13.3 Å². The highest BCUT2D eigenvalue weighted by Crippen LogP contribution is 2.16. The third-order valence-electron chi connectivity index (χ3n) is 3.68. The van der Waals surface area contributed by atoms with Crippen molar-refractivity contribution in [2.75, 3.05) is 0 Å². The summed E-state index contributed by atoms with van der Waals surface area (Å²) in [6, 6.07) is 16.5. The Bertz CT molecular complexity index is 816. The van der Waals surface area contributed by atoms with E-state index in [1.54, 1.807) is 0 Å². The SMILES string of the molecule is Cc1cn(C)c2ccc(Cc3ccccc3)cc2c1=O. The Hall–Kier alpha value is -2.35. The second-order valence-corrected chi connectivity index (χ2v) is 5.27. The first-order valence-corrected chi connectivity index (χ1v) is 6.78. The van der Waals surface area contributed by atoms with Gasteiger partial charge in [0.05, 0.1) is 5.52 Å².